The number of carbonyl (C=O) groups excluding carboxylic acids is 1. The fourth-order valence-electron chi connectivity index (χ4n) is 4.56. The fraction of sp³-hybridized carbons (Fsp3) is 0.545. The molecule has 1 amide bonds. The van der Waals surface area contributed by atoms with Crippen LogP contribution < -0.4 is 5.32 Å². The molecule has 2 aromatic rings. The molecule has 4 rings (SSSR count). The van der Waals surface area contributed by atoms with E-state index < -0.39 is 0 Å². The van der Waals surface area contributed by atoms with Gasteiger partial charge in [0.15, 0.2) is 0 Å². The second kappa shape index (κ2) is 7.85. The van der Waals surface area contributed by atoms with Gasteiger partial charge < -0.3 is 5.32 Å². The van der Waals surface area contributed by atoms with E-state index in [0.717, 1.165) is 31.7 Å². The molecule has 1 aromatic heterocycles. The number of anilines is 1. The molecule has 5 heteroatoms. The number of piperidine rings is 1. The Bertz CT molecular complexity index is 764. The molecule has 1 saturated heterocycles. The molecule has 1 aromatic carbocycles. The Morgan fingerprint density at radius 3 is 2.41 bits per heavy atom. The molecule has 2 aliphatic rings. The van der Waals surface area contributed by atoms with Gasteiger partial charge in [-0.25, -0.2) is 4.68 Å². The van der Waals surface area contributed by atoms with Crippen LogP contribution in [0.2, 0.25) is 0 Å². The molecule has 144 valence electrons. The third-order valence-electron chi connectivity index (χ3n) is 5.92. The third-order valence-corrected chi connectivity index (χ3v) is 5.92. The largest absolute Gasteiger partial charge is 0.311 e. The fourth-order valence-corrected chi connectivity index (χ4v) is 4.56. The molecule has 5 nitrogen and oxygen atoms in total. The number of nitrogens with zero attached hydrogens (tertiary/aromatic N) is 3. The van der Waals surface area contributed by atoms with E-state index in [1.807, 2.05) is 10.7 Å². The Morgan fingerprint density at radius 2 is 1.78 bits per heavy atom. The predicted octanol–water partition coefficient (Wildman–Crippen LogP) is 3.67. The lowest BCUT2D eigenvalue weighted by Crippen LogP contribution is -2.42. The molecule has 27 heavy (non-hydrogen) atoms. The van der Waals surface area contributed by atoms with Crippen molar-refractivity contribution < 1.29 is 4.79 Å². The van der Waals surface area contributed by atoms with Gasteiger partial charge in [-0.3, -0.25) is 9.69 Å². The third kappa shape index (κ3) is 4.08. The molecular weight excluding hydrogens is 336 g/mol. The van der Waals surface area contributed by atoms with E-state index in [1.165, 1.54) is 24.0 Å². The second-order valence-corrected chi connectivity index (χ2v) is 8.41. The number of rotatable bonds is 5. The molecule has 1 fully saturated rings. The van der Waals surface area contributed by atoms with Crippen molar-refractivity contribution in [1.82, 2.24) is 14.7 Å². The summed E-state index contributed by atoms with van der Waals surface area (Å²) in [4.78, 5) is 14.8. The maximum Gasteiger partial charge on any atom is 0.225 e. The van der Waals surface area contributed by atoms with E-state index >= 15 is 0 Å². The van der Waals surface area contributed by atoms with E-state index in [4.69, 9.17) is 0 Å². The molecule has 1 aliphatic heterocycles. The molecule has 0 radical (unpaired) electrons. The molecule has 1 N–H and O–H groups in total. The van der Waals surface area contributed by atoms with Crippen LogP contribution in [0.25, 0.3) is 0 Å². The highest BCUT2D eigenvalue weighted by Gasteiger charge is 2.31. The zero-order chi connectivity index (χ0) is 18.8. The van der Waals surface area contributed by atoms with Gasteiger partial charge in [-0.15, -0.1) is 0 Å². The van der Waals surface area contributed by atoms with Gasteiger partial charge in [0, 0.05) is 31.6 Å². The number of aromatic nitrogens is 2. The lowest BCUT2D eigenvalue weighted by molar-refractivity contribution is -0.116. The molecular formula is C22H30N4O. The molecule has 1 aliphatic carbocycles. The van der Waals surface area contributed by atoms with Crippen LogP contribution in [0.5, 0.6) is 0 Å². The van der Waals surface area contributed by atoms with Gasteiger partial charge in [0.2, 0.25) is 5.91 Å². The number of amides is 1. The first-order chi connectivity index (χ1) is 13.1. The van der Waals surface area contributed by atoms with Crippen molar-refractivity contribution in [3.05, 3.63) is 47.7 Å². The van der Waals surface area contributed by atoms with Gasteiger partial charge in [-0.05, 0) is 42.7 Å². The van der Waals surface area contributed by atoms with Crippen molar-refractivity contribution in [2.75, 3.05) is 18.4 Å². The van der Waals surface area contributed by atoms with Crippen molar-refractivity contribution in [2.45, 2.75) is 58.0 Å². The van der Waals surface area contributed by atoms with E-state index in [2.05, 4.69) is 53.4 Å². The van der Waals surface area contributed by atoms with Crippen LogP contribution in [0.15, 0.2) is 36.5 Å². The average Bonchev–Trinajstić information content (AvgIpc) is 3.27. The molecule has 0 unspecified atom stereocenters. The first kappa shape index (κ1) is 18.2. The highest BCUT2D eigenvalue weighted by molar-refractivity contribution is 5.89. The lowest BCUT2D eigenvalue weighted by atomic mass is 10.0. The van der Waals surface area contributed by atoms with Crippen molar-refractivity contribution in [3.63, 3.8) is 0 Å². The zero-order valence-electron chi connectivity index (χ0n) is 16.4. The minimum Gasteiger partial charge on any atom is -0.311 e. The van der Waals surface area contributed by atoms with Crippen LogP contribution in [0.3, 0.4) is 0 Å². The second-order valence-electron chi connectivity index (χ2n) is 8.41. The van der Waals surface area contributed by atoms with Crippen LogP contribution in [-0.4, -0.2) is 39.7 Å². The predicted molar refractivity (Wildman–Crippen MR) is 108 cm³/mol. The quantitative estimate of drug-likeness (QED) is 0.878. The number of nitrogens with one attached hydrogen (secondary N) is 1. The van der Waals surface area contributed by atoms with Crippen LogP contribution in [0.4, 0.5) is 5.82 Å². The van der Waals surface area contributed by atoms with Crippen LogP contribution >= 0.6 is 0 Å². The number of carbonyl (C=O) groups is 1. The number of likely N-dealkylation sites (tertiary alicyclic amines) is 1. The average molecular weight is 367 g/mol. The maximum absolute atomic E-state index is 12.1. The maximum atomic E-state index is 12.1. The summed E-state index contributed by atoms with van der Waals surface area (Å²) in [6, 6.07) is 11.8. The Balaban J connectivity index is 1.34. The van der Waals surface area contributed by atoms with Gasteiger partial charge in [0.25, 0.3) is 0 Å². The van der Waals surface area contributed by atoms with E-state index in [9.17, 15) is 4.79 Å². The number of hydrogen-bond donors (Lipinski definition) is 1. The van der Waals surface area contributed by atoms with Crippen LogP contribution in [0, 0.1) is 5.92 Å². The Hall–Kier alpha value is -2.14. The summed E-state index contributed by atoms with van der Waals surface area (Å²) in [5, 5.41) is 7.56. The van der Waals surface area contributed by atoms with Crippen molar-refractivity contribution in [3.8, 4) is 0 Å². The minimum absolute atomic E-state index is 0.0768. The molecule has 0 bridgehead atoms. The Labute approximate surface area is 161 Å². The minimum atomic E-state index is 0.0768. The summed E-state index contributed by atoms with van der Waals surface area (Å²) in [6.07, 6.45) is 6.87. The van der Waals surface area contributed by atoms with Gasteiger partial charge >= 0.3 is 0 Å². The number of hydrogen-bond acceptors (Lipinski definition) is 3. The number of fused-ring (bicyclic) bond motifs is 1. The standard InChI is InChI=1S/C22H30N4O/c1-16(2)13-22(27)24-21-7-10-23-26(21)19-8-11-25(12-9-19)20-14-17-5-3-4-6-18(17)15-20/h3-7,10,16,19-20H,8-9,11-15H2,1-2H3,(H,24,27). The summed E-state index contributed by atoms with van der Waals surface area (Å²) in [6.45, 7) is 6.33. The van der Waals surface area contributed by atoms with Crippen LogP contribution in [0.1, 0.15) is 50.3 Å². The van der Waals surface area contributed by atoms with Gasteiger partial charge in [0.1, 0.15) is 5.82 Å². The highest BCUT2D eigenvalue weighted by atomic mass is 16.1. The zero-order valence-corrected chi connectivity index (χ0v) is 16.4. The summed E-state index contributed by atoms with van der Waals surface area (Å²) in [7, 11) is 0. The van der Waals surface area contributed by atoms with Crippen LogP contribution in [-0.2, 0) is 17.6 Å². The number of benzene rings is 1. The highest BCUT2D eigenvalue weighted by Crippen LogP contribution is 2.31. The normalized spacial score (nSPS) is 18.8. The van der Waals surface area contributed by atoms with E-state index in [0.29, 0.717) is 24.4 Å². The molecule has 2 heterocycles. The topological polar surface area (TPSA) is 50.2 Å². The van der Waals surface area contributed by atoms with E-state index in [-0.39, 0.29) is 5.91 Å². The summed E-state index contributed by atoms with van der Waals surface area (Å²) >= 11 is 0. The smallest absolute Gasteiger partial charge is 0.225 e. The van der Waals surface area contributed by atoms with Crippen molar-refractivity contribution in [1.29, 1.82) is 0 Å². The van der Waals surface area contributed by atoms with Gasteiger partial charge in [-0.2, -0.15) is 5.10 Å². The SMILES string of the molecule is CC(C)CC(=O)Nc1ccnn1C1CCN(C2Cc3ccccc3C2)CC1. The van der Waals surface area contributed by atoms with Gasteiger partial charge in [0.05, 0.1) is 12.2 Å². The molecule has 0 saturated carbocycles. The lowest BCUT2D eigenvalue weighted by Gasteiger charge is -2.36. The monoisotopic (exact) mass is 366 g/mol. The van der Waals surface area contributed by atoms with Gasteiger partial charge in [-0.1, -0.05) is 38.1 Å². The Morgan fingerprint density at radius 1 is 1.11 bits per heavy atom. The van der Waals surface area contributed by atoms with Crippen molar-refractivity contribution >= 4 is 11.7 Å². The first-order valence-corrected chi connectivity index (χ1v) is 10.2. The van der Waals surface area contributed by atoms with E-state index in [1.54, 1.807) is 6.20 Å². The molecule has 0 atom stereocenters. The first-order valence-electron chi connectivity index (χ1n) is 10.2. The molecule has 0 spiro atoms. The Kier molecular flexibility index (Phi) is 5.30. The summed E-state index contributed by atoms with van der Waals surface area (Å²) in [5.74, 6) is 1.28. The summed E-state index contributed by atoms with van der Waals surface area (Å²) in [5.41, 5.74) is 3.04. The summed E-state index contributed by atoms with van der Waals surface area (Å²) < 4.78 is 2.03. The van der Waals surface area contributed by atoms with Crippen molar-refractivity contribution in [2.24, 2.45) is 5.92 Å².